The molecular weight excluding hydrogens is 394 g/mol. The Morgan fingerprint density at radius 3 is 2.69 bits per heavy atom. The normalized spacial score (nSPS) is 10.5. The molecule has 1 aromatic heterocycles. The first-order chi connectivity index (χ1) is 13.9. The van der Waals surface area contributed by atoms with Crippen molar-refractivity contribution >= 4 is 29.2 Å². The molecule has 0 aliphatic rings. The number of para-hydroxylation sites is 1. The number of carbonyl (C=O) groups excluding carboxylic acids is 3. The molecule has 0 saturated carbocycles. The summed E-state index contributed by atoms with van der Waals surface area (Å²) in [5.74, 6) is -0.301. The maximum atomic E-state index is 12.0. The van der Waals surface area contributed by atoms with Crippen LogP contribution in [0.4, 0.5) is 4.79 Å². The van der Waals surface area contributed by atoms with Crippen LogP contribution in [0.2, 0.25) is 0 Å². The van der Waals surface area contributed by atoms with E-state index in [-0.39, 0.29) is 12.3 Å². The Hall–Kier alpha value is -2.94. The van der Waals surface area contributed by atoms with Gasteiger partial charge in [-0.25, -0.2) is 9.78 Å². The van der Waals surface area contributed by atoms with Crippen molar-refractivity contribution < 1.29 is 23.9 Å². The lowest BCUT2D eigenvalue weighted by atomic mass is 10.2. The number of urea groups is 1. The smallest absolute Gasteiger partial charge is 0.321 e. The average Bonchev–Trinajstić information content (AvgIpc) is 3.13. The van der Waals surface area contributed by atoms with Crippen molar-refractivity contribution in [2.75, 3.05) is 19.8 Å². The van der Waals surface area contributed by atoms with E-state index in [2.05, 4.69) is 15.6 Å². The third-order valence-electron chi connectivity index (χ3n) is 3.58. The fourth-order valence-corrected chi connectivity index (χ4v) is 3.13. The van der Waals surface area contributed by atoms with Gasteiger partial charge in [-0.3, -0.25) is 14.9 Å². The Morgan fingerprint density at radius 1 is 1.21 bits per heavy atom. The second kappa shape index (κ2) is 11.2. The maximum absolute atomic E-state index is 12.0. The number of esters is 1. The number of thiazole rings is 1. The van der Waals surface area contributed by atoms with E-state index in [4.69, 9.17) is 9.47 Å². The third-order valence-corrected chi connectivity index (χ3v) is 4.51. The number of hydrogen-bond acceptors (Lipinski definition) is 7. The monoisotopic (exact) mass is 419 g/mol. The summed E-state index contributed by atoms with van der Waals surface area (Å²) in [7, 11) is 0. The number of ether oxygens (including phenoxy) is 2. The highest BCUT2D eigenvalue weighted by molar-refractivity contribution is 7.13. The first-order valence-corrected chi connectivity index (χ1v) is 10.2. The molecule has 0 atom stereocenters. The van der Waals surface area contributed by atoms with Gasteiger partial charge in [0.2, 0.25) is 0 Å². The molecule has 9 heteroatoms. The van der Waals surface area contributed by atoms with Gasteiger partial charge in [-0.1, -0.05) is 26.0 Å². The molecule has 2 N–H and O–H groups in total. The van der Waals surface area contributed by atoms with E-state index in [1.165, 1.54) is 11.3 Å². The van der Waals surface area contributed by atoms with Crippen molar-refractivity contribution in [3.63, 3.8) is 0 Å². The Bertz CT molecular complexity index is 850. The molecule has 0 aliphatic heterocycles. The van der Waals surface area contributed by atoms with Gasteiger partial charge in [-0.2, -0.15) is 0 Å². The maximum Gasteiger partial charge on any atom is 0.321 e. The van der Waals surface area contributed by atoms with Crippen LogP contribution in [0.5, 0.6) is 5.75 Å². The molecular formula is C20H25N3O5S. The molecule has 0 aliphatic carbocycles. The van der Waals surface area contributed by atoms with Gasteiger partial charge in [0.1, 0.15) is 10.8 Å². The molecule has 8 nitrogen and oxygen atoms in total. The molecule has 0 unspecified atom stereocenters. The summed E-state index contributed by atoms with van der Waals surface area (Å²) in [5, 5.41) is 7.14. The van der Waals surface area contributed by atoms with Gasteiger partial charge in [0.25, 0.3) is 5.91 Å². The van der Waals surface area contributed by atoms with Crippen LogP contribution >= 0.6 is 11.3 Å². The highest BCUT2D eigenvalue weighted by atomic mass is 32.1. The van der Waals surface area contributed by atoms with E-state index < -0.39 is 24.5 Å². The van der Waals surface area contributed by atoms with E-state index in [1.54, 1.807) is 5.38 Å². The first-order valence-electron chi connectivity index (χ1n) is 9.29. The zero-order chi connectivity index (χ0) is 21.2. The van der Waals surface area contributed by atoms with Gasteiger partial charge < -0.3 is 14.8 Å². The molecule has 156 valence electrons. The largest absolute Gasteiger partial charge is 0.493 e. The Labute approximate surface area is 173 Å². The minimum Gasteiger partial charge on any atom is -0.493 e. The lowest BCUT2D eigenvalue weighted by molar-refractivity contribution is -0.147. The van der Waals surface area contributed by atoms with Crippen LogP contribution in [0.15, 0.2) is 29.6 Å². The summed E-state index contributed by atoms with van der Waals surface area (Å²) in [6.07, 6.45) is -0.0693. The number of amides is 3. The second-order valence-electron chi connectivity index (χ2n) is 6.56. The highest BCUT2D eigenvalue weighted by Crippen LogP contribution is 2.32. The fourth-order valence-electron chi connectivity index (χ4n) is 2.29. The second-order valence-corrected chi connectivity index (χ2v) is 7.42. The number of aromatic nitrogens is 1. The Kier molecular flexibility index (Phi) is 8.60. The molecule has 2 aromatic rings. The summed E-state index contributed by atoms with van der Waals surface area (Å²) in [6.45, 7) is 6.23. The van der Waals surface area contributed by atoms with Crippen molar-refractivity contribution in [3.05, 3.63) is 35.3 Å². The number of nitrogens with one attached hydrogen (secondary N) is 2. The van der Waals surface area contributed by atoms with Crippen molar-refractivity contribution in [2.45, 2.75) is 27.2 Å². The van der Waals surface area contributed by atoms with Gasteiger partial charge >= 0.3 is 12.0 Å². The fraction of sp³-hybridized carbons (Fsp3) is 0.400. The predicted octanol–water partition coefficient (Wildman–Crippen LogP) is 2.78. The molecule has 0 bridgehead atoms. The summed E-state index contributed by atoms with van der Waals surface area (Å²) in [5.41, 5.74) is 1.39. The summed E-state index contributed by atoms with van der Waals surface area (Å²) in [6, 6.07) is 6.93. The molecule has 3 amide bonds. The van der Waals surface area contributed by atoms with Gasteiger partial charge in [-0.15, -0.1) is 11.3 Å². The van der Waals surface area contributed by atoms with Gasteiger partial charge in [0.15, 0.2) is 6.61 Å². The van der Waals surface area contributed by atoms with E-state index in [0.29, 0.717) is 18.8 Å². The molecule has 29 heavy (non-hydrogen) atoms. The van der Waals surface area contributed by atoms with Crippen LogP contribution in [0, 0.1) is 5.92 Å². The topological polar surface area (TPSA) is 107 Å². The quantitative estimate of drug-likeness (QED) is 0.606. The van der Waals surface area contributed by atoms with E-state index in [0.717, 1.165) is 16.3 Å². The van der Waals surface area contributed by atoms with Crippen LogP contribution < -0.4 is 15.4 Å². The van der Waals surface area contributed by atoms with Gasteiger partial charge in [0.05, 0.1) is 24.3 Å². The van der Waals surface area contributed by atoms with Gasteiger partial charge in [-0.05, 0) is 25.0 Å². The predicted molar refractivity (Wildman–Crippen MR) is 110 cm³/mol. The minimum absolute atomic E-state index is 0.0693. The molecule has 1 aromatic carbocycles. The third kappa shape index (κ3) is 7.53. The Morgan fingerprint density at radius 2 is 1.97 bits per heavy atom. The van der Waals surface area contributed by atoms with Crippen LogP contribution in [0.3, 0.4) is 0 Å². The van der Waals surface area contributed by atoms with Crippen LogP contribution in [0.1, 0.15) is 26.5 Å². The highest BCUT2D eigenvalue weighted by Gasteiger charge is 2.15. The van der Waals surface area contributed by atoms with Crippen molar-refractivity contribution in [1.82, 2.24) is 15.6 Å². The lowest BCUT2D eigenvalue weighted by Crippen LogP contribution is -2.42. The summed E-state index contributed by atoms with van der Waals surface area (Å²) < 4.78 is 10.5. The lowest BCUT2D eigenvalue weighted by Gasteiger charge is -2.08. The van der Waals surface area contributed by atoms with E-state index >= 15 is 0 Å². The molecule has 1 heterocycles. The van der Waals surface area contributed by atoms with Crippen molar-refractivity contribution in [1.29, 1.82) is 0 Å². The zero-order valence-electron chi connectivity index (χ0n) is 16.7. The SMILES string of the molecule is CCOc1ccccc1-c1nc(CC(=O)OCC(=O)NC(=O)NCC(C)C)cs1. The van der Waals surface area contributed by atoms with Crippen molar-refractivity contribution in [3.8, 4) is 16.3 Å². The number of imide groups is 1. The molecule has 0 radical (unpaired) electrons. The minimum atomic E-state index is -0.691. The number of nitrogens with zero attached hydrogens (tertiary/aromatic N) is 1. The molecule has 0 saturated heterocycles. The van der Waals surface area contributed by atoms with Crippen LogP contribution in [-0.4, -0.2) is 42.7 Å². The van der Waals surface area contributed by atoms with Crippen LogP contribution in [0.25, 0.3) is 10.6 Å². The van der Waals surface area contributed by atoms with E-state index in [9.17, 15) is 14.4 Å². The number of benzene rings is 1. The van der Waals surface area contributed by atoms with Crippen LogP contribution in [-0.2, 0) is 20.7 Å². The zero-order valence-corrected chi connectivity index (χ0v) is 17.5. The summed E-state index contributed by atoms with van der Waals surface area (Å²) in [4.78, 5) is 39.6. The van der Waals surface area contributed by atoms with E-state index in [1.807, 2.05) is 45.0 Å². The number of carbonyl (C=O) groups is 3. The number of rotatable bonds is 9. The Balaban J connectivity index is 1.83. The average molecular weight is 420 g/mol. The molecule has 0 fully saturated rings. The molecule has 2 rings (SSSR count). The standard InChI is InChI=1S/C20H25N3O5S/c1-4-27-16-8-6-5-7-15(16)19-22-14(12-29-19)9-18(25)28-11-17(24)23-20(26)21-10-13(2)3/h5-8,12-13H,4,9-11H2,1-3H3,(H2,21,23,24,26). The number of hydrogen-bond donors (Lipinski definition) is 2. The van der Waals surface area contributed by atoms with Gasteiger partial charge in [0, 0.05) is 11.9 Å². The first kappa shape index (κ1) is 22.4. The molecule has 0 spiro atoms. The summed E-state index contributed by atoms with van der Waals surface area (Å²) >= 11 is 1.39. The van der Waals surface area contributed by atoms with Crippen molar-refractivity contribution in [2.24, 2.45) is 5.92 Å².